The van der Waals surface area contributed by atoms with E-state index < -0.39 is 17.6 Å². The number of piperazine rings is 1. The second kappa shape index (κ2) is 13.6. The second-order valence-corrected chi connectivity index (χ2v) is 11.2. The van der Waals surface area contributed by atoms with Gasteiger partial charge in [-0.3, -0.25) is 19.7 Å². The molecule has 5 rings (SSSR count). The number of rotatable bonds is 9. The average Bonchev–Trinajstić information content (AvgIpc) is 3.04. The number of alkyl halides is 3. The predicted molar refractivity (Wildman–Crippen MR) is 171 cm³/mol. The molecule has 46 heavy (non-hydrogen) atoms. The van der Waals surface area contributed by atoms with Crippen LogP contribution in [0.3, 0.4) is 0 Å². The first-order valence-corrected chi connectivity index (χ1v) is 14.6. The summed E-state index contributed by atoms with van der Waals surface area (Å²) in [6, 6.07) is 12.3. The lowest BCUT2D eigenvalue weighted by molar-refractivity contribution is -0.138. The smallest absolute Gasteiger partial charge is 0.416 e. The number of likely N-dealkylation sites (N-methyl/N-ethyl adjacent to an activating group) is 1. The van der Waals surface area contributed by atoms with E-state index in [1.54, 1.807) is 50.6 Å². The zero-order chi connectivity index (χ0) is 33.0. The highest BCUT2D eigenvalue weighted by molar-refractivity contribution is 6.04. The molecule has 0 bridgehead atoms. The van der Waals surface area contributed by atoms with Gasteiger partial charge in [-0.25, -0.2) is 4.98 Å². The molecule has 3 heterocycles. The van der Waals surface area contributed by atoms with Crippen LogP contribution >= 0.6 is 0 Å². The Labute approximate surface area is 265 Å². The Balaban J connectivity index is 1.40. The Hall–Kier alpha value is -4.88. The van der Waals surface area contributed by atoms with Gasteiger partial charge in [-0.05, 0) is 62.4 Å². The number of hydrazone groups is 1. The van der Waals surface area contributed by atoms with Gasteiger partial charge in [0, 0.05) is 81.8 Å². The minimum absolute atomic E-state index is 0.102. The van der Waals surface area contributed by atoms with Crippen molar-refractivity contribution in [1.29, 1.82) is 0 Å². The molecule has 240 valence electrons. The number of anilines is 2. The first-order valence-electron chi connectivity index (χ1n) is 14.6. The third kappa shape index (κ3) is 7.49. The summed E-state index contributed by atoms with van der Waals surface area (Å²) in [5, 5.41) is 8.16. The SMILES string of the molecule is C=NN(C)c1nc(-c2cccnc2)nc(Oc2cc(NC(=O)c3ccc(CN4CCN(C)CC4)c(C(F)(F)F)c3)ccc2C)c1C. The number of carbonyl (C=O) groups is 1. The number of benzene rings is 2. The maximum Gasteiger partial charge on any atom is 0.416 e. The van der Waals surface area contributed by atoms with Crippen molar-refractivity contribution in [1.82, 2.24) is 24.8 Å². The summed E-state index contributed by atoms with van der Waals surface area (Å²) in [4.78, 5) is 30.7. The molecule has 0 spiro atoms. The minimum Gasteiger partial charge on any atom is -0.438 e. The molecule has 0 radical (unpaired) electrons. The molecule has 10 nitrogen and oxygen atoms in total. The van der Waals surface area contributed by atoms with Crippen molar-refractivity contribution in [3.05, 3.63) is 88.7 Å². The van der Waals surface area contributed by atoms with Crippen LogP contribution in [0.4, 0.5) is 24.7 Å². The topological polar surface area (TPSA) is 99.1 Å². The van der Waals surface area contributed by atoms with Gasteiger partial charge in [0.15, 0.2) is 11.6 Å². The Morgan fingerprint density at radius 3 is 2.52 bits per heavy atom. The normalized spacial score (nSPS) is 14.2. The fraction of sp³-hybridized carbons (Fsp3) is 0.303. The summed E-state index contributed by atoms with van der Waals surface area (Å²) in [7, 11) is 3.69. The maximum absolute atomic E-state index is 14.1. The number of carbonyl (C=O) groups excluding carboxylic acids is 1. The molecule has 2 aromatic carbocycles. The number of hydrogen-bond acceptors (Lipinski definition) is 9. The monoisotopic (exact) mass is 632 g/mol. The lowest BCUT2D eigenvalue weighted by Gasteiger charge is -2.33. The Morgan fingerprint density at radius 1 is 1.09 bits per heavy atom. The maximum atomic E-state index is 14.1. The highest BCUT2D eigenvalue weighted by atomic mass is 19.4. The van der Waals surface area contributed by atoms with E-state index in [-0.39, 0.29) is 23.6 Å². The number of pyridine rings is 1. The molecule has 1 fully saturated rings. The molecule has 1 aliphatic heterocycles. The second-order valence-electron chi connectivity index (χ2n) is 11.2. The van der Waals surface area contributed by atoms with Crippen LogP contribution < -0.4 is 15.1 Å². The summed E-state index contributed by atoms with van der Waals surface area (Å²) in [6.07, 6.45) is -1.34. The standard InChI is InChI=1S/C33H35F3N8O2/c1-21-8-11-26(18-28(21)46-32-22(2)30(43(5)37-3)40-29(41-32)24-7-6-12-38-19-24)39-31(45)23-9-10-25(27(17-23)33(34,35)36)20-44-15-13-42(4)14-16-44/h6-12,17-19H,3,13-16,20H2,1-2,4-5H3,(H,39,45). The van der Waals surface area contributed by atoms with Crippen LogP contribution in [0.25, 0.3) is 11.4 Å². The molecule has 0 atom stereocenters. The molecule has 0 saturated carbocycles. The van der Waals surface area contributed by atoms with Gasteiger partial charge in [-0.15, -0.1) is 0 Å². The van der Waals surface area contributed by atoms with Crippen LogP contribution in [0.1, 0.15) is 32.6 Å². The third-order valence-corrected chi connectivity index (χ3v) is 7.83. The largest absolute Gasteiger partial charge is 0.438 e. The molecule has 0 aliphatic carbocycles. The van der Waals surface area contributed by atoms with Gasteiger partial charge >= 0.3 is 6.18 Å². The highest BCUT2D eigenvalue weighted by Gasteiger charge is 2.34. The molecular formula is C33H35F3N8O2. The zero-order valence-corrected chi connectivity index (χ0v) is 26.1. The summed E-state index contributed by atoms with van der Waals surface area (Å²) in [5.74, 6) is 0.784. The van der Waals surface area contributed by atoms with Gasteiger partial charge in [0.1, 0.15) is 5.75 Å². The van der Waals surface area contributed by atoms with E-state index in [1.165, 1.54) is 17.1 Å². The van der Waals surface area contributed by atoms with Crippen molar-refractivity contribution < 1.29 is 22.7 Å². The molecule has 1 aliphatic rings. The fourth-order valence-electron chi connectivity index (χ4n) is 5.05. The van der Waals surface area contributed by atoms with E-state index in [0.29, 0.717) is 47.3 Å². The molecule has 0 unspecified atom stereocenters. The number of halogens is 3. The van der Waals surface area contributed by atoms with Crippen LogP contribution in [0.2, 0.25) is 0 Å². The first kappa shape index (κ1) is 32.5. The van der Waals surface area contributed by atoms with Crippen molar-refractivity contribution in [3.63, 3.8) is 0 Å². The van der Waals surface area contributed by atoms with Gasteiger partial charge in [-0.2, -0.15) is 23.3 Å². The van der Waals surface area contributed by atoms with Crippen LogP contribution in [0, 0.1) is 13.8 Å². The number of aromatic nitrogens is 3. The predicted octanol–water partition coefficient (Wildman–Crippen LogP) is 6.02. The molecular weight excluding hydrogens is 597 g/mol. The molecule has 1 amide bonds. The number of hydrogen-bond donors (Lipinski definition) is 1. The van der Waals surface area contributed by atoms with E-state index in [4.69, 9.17) is 4.74 Å². The van der Waals surface area contributed by atoms with Crippen molar-refractivity contribution in [2.24, 2.45) is 5.10 Å². The van der Waals surface area contributed by atoms with E-state index >= 15 is 0 Å². The summed E-state index contributed by atoms with van der Waals surface area (Å²) < 4.78 is 48.6. The number of ether oxygens (including phenoxy) is 1. The minimum atomic E-state index is -4.61. The van der Waals surface area contributed by atoms with Crippen molar-refractivity contribution in [2.45, 2.75) is 26.6 Å². The van der Waals surface area contributed by atoms with Gasteiger partial charge in [-0.1, -0.05) is 12.1 Å². The molecule has 2 aromatic heterocycles. The summed E-state index contributed by atoms with van der Waals surface area (Å²) in [6.45, 7) is 10.3. The van der Waals surface area contributed by atoms with Gasteiger partial charge in [0.2, 0.25) is 5.88 Å². The van der Waals surface area contributed by atoms with Gasteiger partial charge in [0.25, 0.3) is 5.91 Å². The van der Waals surface area contributed by atoms with Gasteiger partial charge < -0.3 is 15.0 Å². The fourth-order valence-corrected chi connectivity index (χ4v) is 5.05. The van der Waals surface area contributed by atoms with Gasteiger partial charge in [0.05, 0.1) is 11.1 Å². The number of amides is 1. The first-order chi connectivity index (χ1) is 21.9. The Morgan fingerprint density at radius 2 is 1.85 bits per heavy atom. The van der Waals surface area contributed by atoms with Crippen LogP contribution in [-0.2, 0) is 12.7 Å². The average molecular weight is 633 g/mol. The van der Waals surface area contributed by atoms with E-state index in [1.807, 2.05) is 24.9 Å². The number of nitrogens with zero attached hydrogens (tertiary/aromatic N) is 7. The summed E-state index contributed by atoms with van der Waals surface area (Å²) in [5.41, 5.74) is 1.56. The summed E-state index contributed by atoms with van der Waals surface area (Å²) >= 11 is 0. The van der Waals surface area contributed by atoms with Crippen molar-refractivity contribution in [3.8, 4) is 23.0 Å². The third-order valence-electron chi connectivity index (χ3n) is 7.83. The Bertz CT molecular complexity index is 1720. The van der Waals surface area contributed by atoms with Crippen LogP contribution in [-0.4, -0.2) is 77.7 Å². The molecule has 13 heteroatoms. The highest BCUT2D eigenvalue weighted by Crippen LogP contribution is 2.35. The van der Waals surface area contributed by atoms with Crippen molar-refractivity contribution >= 4 is 24.1 Å². The molecule has 1 N–H and O–H groups in total. The number of aryl methyl sites for hydroxylation is 1. The van der Waals surface area contributed by atoms with Crippen molar-refractivity contribution in [2.75, 3.05) is 50.6 Å². The zero-order valence-electron chi connectivity index (χ0n) is 26.1. The van der Waals surface area contributed by atoms with Crippen LogP contribution in [0.15, 0.2) is 66.0 Å². The Kier molecular flexibility index (Phi) is 9.63. The molecule has 1 saturated heterocycles. The number of nitrogens with one attached hydrogen (secondary N) is 1. The van der Waals surface area contributed by atoms with E-state index in [2.05, 4.69) is 37.0 Å². The van der Waals surface area contributed by atoms with E-state index in [0.717, 1.165) is 24.7 Å². The molecule has 4 aromatic rings. The lowest BCUT2D eigenvalue weighted by Crippen LogP contribution is -2.44. The lowest BCUT2D eigenvalue weighted by atomic mass is 10.0. The van der Waals surface area contributed by atoms with Crippen LogP contribution in [0.5, 0.6) is 11.6 Å². The van der Waals surface area contributed by atoms with E-state index in [9.17, 15) is 18.0 Å². The quantitative estimate of drug-likeness (QED) is 0.177.